The Hall–Kier alpha value is -3.44. The summed E-state index contributed by atoms with van der Waals surface area (Å²) in [5, 5.41) is 2.10. The molecule has 0 saturated heterocycles. The van der Waals surface area contributed by atoms with Gasteiger partial charge in [-0.3, -0.25) is 9.59 Å². The number of hydrogen-bond acceptors (Lipinski definition) is 3. The Bertz CT molecular complexity index is 1320. The Labute approximate surface area is 211 Å². The molecule has 0 unspecified atom stereocenters. The monoisotopic (exact) mass is 484 g/mol. The molecule has 180 valence electrons. The van der Waals surface area contributed by atoms with Crippen LogP contribution in [0, 0.1) is 6.92 Å². The first kappa shape index (κ1) is 24.7. The maximum Gasteiger partial charge on any atom is 0.254 e. The molecule has 3 aromatic carbocycles. The van der Waals surface area contributed by atoms with E-state index in [2.05, 4.69) is 19.1 Å². The fourth-order valence-corrected chi connectivity index (χ4v) is 5.03. The lowest BCUT2D eigenvalue weighted by Gasteiger charge is -2.37. The van der Waals surface area contributed by atoms with Crippen LogP contribution in [0.2, 0.25) is 0 Å². The van der Waals surface area contributed by atoms with Crippen molar-refractivity contribution in [2.75, 3.05) is 6.54 Å². The average molecular weight is 485 g/mol. The van der Waals surface area contributed by atoms with Crippen LogP contribution in [0.25, 0.3) is 10.8 Å². The second-order valence-corrected chi connectivity index (χ2v) is 11.2. The second-order valence-electron chi connectivity index (χ2n) is 9.87. The van der Waals surface area contributed by atoms with Crippen molar-refractivity contribution in [1.82, 2.24) is 9.80 Å². The minimum atomic E-state index is -0.518. The summed E-state index contributed by atoms with van der Waals surface area (Å²) >= 11 is 1.70. The van der Waals surface area contributed by atoms with E-state index in [0.29, 0.717) is 18.7 Å². The molecule has 0 spiro atoms. The van der Waals surface area contributed by atoms with Crippen molar-refractivity contribution in [3.05, 3.63) is 106 Å². The number of benzene rings is 3. The molecule has 0 atom stereocenters. The van der Waals surface area contributed by atoms with Crippen molar-refractivity contribution in [3.63, 3.8) is 0 Å². The van der Waals surface area contributed by atoms with Gasteiger partial charge < -0.3 is 9.80 Å². The fourth-order valence-electron chi connectivity index (χ4n) is 4.12. The molecule has 4 rings (SSSR count). The van der Waals surface area contributed by atoms with E-state index >= 15 is 0 Å². The van der Waals surface area contributed by atoms with Gasteiger partial charge in [-0.2, -0.15) is 0 Å². The van der Waals surface area contributed by atoms with Crippen LogP contribution in [0.1, 0.15) is 46.4 Å². The summed E-state index contributed by atoms with van der Waals surface area (Å²) in [6, 6.07) is 27.9. The van der Waals surface area contributed by atoms with E-state index in [1.807, 2.05) is 98.5 Å². The first-order chi connectivity index (χ1) is 16.7. The van der Waals surface area contributed by atoms with Gasteiger partial charge in [0.1, 0.15) is 6.54 Å². The highest BCUT2D eigenvalue weighted by atomic mass is 32.1. The summed E-state index contributed by atoms with van der Waals surface area (Å²) in [6.07, 6.45) is 0. The molecular formula is C30H32N2O2S. The van der Waals surface area contributed by atoms with Gasteiger partial charge in [-0.1, -0.05) is 60.7 Å². The number of hydrogen-bond donors (Lipinski definition) is 0. The number of fused-ring (bicyclic) bond motifs is 1. The molecule has 1 aromatic heterocycles. The van der Waals surface area contributed by atoms with Crippen molar-refractivity contribution in [3.8, 4) is 0 Å². The van der Waals surface area contributed by atoms with Crippen LogP contribution in [0.3, 0.4) is 0 Å². The maximum absolute atomic E-state index is 13.7. The third-order valence-corrected chi connectivity index (χ3v) is 7.04. The normalized spacial score (nSPS) is 11.4. The van der Waals surface area contributed by atoms with Crippen LogP contribution in [0.4, 0.5) is 0 Å². The molecule has 0 radical (unpaired) electrons. The molecule has 2 amide bonds. The SMILES string of the molecule is Cc1ccc(CN(Cc2ccccc2)C(=O)CN(C(=O)c2ccc3ccccc3c2)C(C)(C)C)s1. The number of amides is 2. The summed E-state index contributed by atoms with van der Waals surface area (Å²) in [7, 11) is 0. The third kappa shape index (κ3) is 6.17. The molecule has 4 aromatic rings. The quantitative estimate of drug-likeness (QED) is 0.294. The molecule has 1 heterocycles. The average Bonchev–Trinajstić information content (AvgIpc) is 3.25. The van der Waals surface area contributed by atoms with E-state index in [9.17, 15) is 9.59 Å². The first-order valence-electron chi connectivity index (χ1n) is 11.9. The molecule has 0 bridgehead atoms. The van der Waals surface area contributed by atoms with E-state index in [0.717, 1.165) is 21.2 Å². The van der Waals surface area contributed by atoms with E-state index in [-0.39, 0.29) is 18.4 Å². The topological polar surface area (TPSA) is 40.6 Å². The largest absolute Gasteiger partial charge is 0.332 e. The fraction of sp³-hybridized carbons (Fsp3) is 0.267. The molecule has 4 nitrogen and oxygen atoms in total. The number of rotatable bonds is 7. The Kier molecular flexibility index (Phi) is 7.37. The zero-order valence-corrected chi connectivity index (χ0v) is 21.6. The third-order valence-electron chi connectivity index (χ3n) is 6.06. The zero-order valence-electron chi connectivity index (χ0n) is 20.8. The lowest BCUT2D eigenvalue weighted by Crippen LogP contribution is -2.51. The zero-order chi connectivity index (χ0) is 25.0. The van der Waals surface area contributed by atoms with Crippen molar-refractivity contribution >= 4 is 33.9 Å². The second kappa shape index (κ2) is 10.4. The highest BCUT2D eigenvalue weighted by Gasteiger charge is 2.31. The first-order valence-corrected chi connectivity index (χ1v) is 12.7. The van der Waals surface area contributed by atoms with Gasteiger partial charge in [0.25, 0.3) is 5.91 Å². The summed E-state index contributed by atoms with van der Waals surface area (Å²) < 4.78 is 0. The van der Waals surface area contributed by atoms with Crippen molar-refractivity contribution in [2.45, 2.75) is 46.3 Å². The molecule has 0 fully saturated rings. The molecule has 5 heteroatoms. The van der Waals surface area contributed by atoms with Gasteiger partial charge in [-0.15, -0.1) is 11.3 Å². The van der Waals surface area contributed by atoms with Crippen LogP contribution in [0.5, 0.6) is 0 Å². The highest BCUT2D eigenvalue weighted by Crippen LogP contribution is 2.23. The predicted octanol–water partition coefficient (Wildman–Crippen LogP) is 6.68. The van der Waals surface area contributed by atoms with Gasteiger partial charge in [-0.05, 0) is 68.3 Å². The van der Waals surface area contributed by atoms with Crippen LogP contribution in [0.15, 0.2) is 84.9 Å². The number of thiophene rings is 1. The van der Waals surface area contributed by atoms with Crippen LogP contribution in [-0.2, 0) is 17.9 Å². The molecular weight excluding hydrogens is 452 g/mol. The summed E-state index contributed by atoms with van der Waals surface area (Å²) in [4.78, 5) is 33.3. The van der Waals surface area contributed by atoms with Gasteiger partial charge in [-0.25, -0.2) is 0 Å². The minimum absolute atomic E-state index is 0.0202. The molecule has 0 aliphatic heterocycles. The molecule has 35 heavy (non-hydrogen) atoms. The van der Waals surface area contributed by atoms with Gasteiger partial charge in [0, 0.05) is 27.4 Å². The molecule has 0 N–H and O–H groups in total. The lowest BCUT2D eigenvalue weighted by molar-refractivity contribution is -0.134. The van der Waals surface area contributed by atoms with Gasteiger partial charge in [0.15, 0.2) is 0 Å². The minimum Gasteiger partial charge on any atom is -0.332 e. The predicted molar refractivity (Wildman–Crippen MR) is 144 cm³/mol. The van der Waals surface area contributed by atoms with Crippen LogP contribution in [-0.4, -0.2) is 33.7 Å². The van der Waals surface area contributed by atoms with Gasteiger partial charge in [0.05, 0.1) is 6.54 Å². The molecule has 0 aliphatic carbocycles. The highest BCUT2D eigenvalue weighted by molar-refractivity contribution is 7.11. The summed E-state index contributed by atoms with van der Waals surface area (Å²) in [5.41, 5.74) is 1.14. The number of carbonyl (C=O) groups is 2. The van der Waals surface area contributed by atoms with Crippen LogP contribution < -0.4 is 0 Å². The summed E-state index contributed by atoms with van der Waals surface area (Å²) in [6.45, 7) is 9.04. The molecule has 0 aliphatic rings. The summed E-state index contributed by atoms with van der Waals surface area (Å²) in [5.74, 6) is -0.202. The standard InChI is InChI=1S/C30H32N2O2S/c1-22-14-17-27(35-22)20-31(19-23-10-6-5-7-11-23)28(33)21-32(30(2,3)4)29(34)26-16-15-24-12-8-9-13-25(24)18-26/h5-18H,19-21H2,1-4H3. The lowest BCUT2D eigenvalue weighted by atomic mass is 10.0. The van der Waals surface area contributed by atoms with Gasteiger partial charge >= 0.3 is 0 Å². The van der Waals surface area contributed by atoms with E-state index < -0.39 is 5.54 Å². The van der Waals surface area contributed by atoms with E-state index in [4.69, 9.17) is 0 Å². The van der Waals surface area contributed by atoms with Crippen molar-refractivity contribution < 1.29 is 9.59 Å². The number of nitrogens with zero attached hydrogens (tertiary/aromatic N) is 2. The maximum atomic E-state index is 13.7. The smallest absolute Gasteiger partial charge is 0.254 e. The van der Waals surface area contributed by atoms with Crippen molar-refractivity contribution in [2.24, 2.45) is 0 Å². The Balaban J connectivity index is 1.60. The number of aryl methyl sites for hydroxylation is 1. The Morgan fingerprint density at radius 3 is 2.14 bits per heavy atom. The van der Waals surface area contributed by atoms with E-state index in [1.165, 1.54) is 4.88 Å². The molecule has 0 saturated carbocycles. The van der Waals surface area contributed by atoms with E-state index in [1.54, 1.807) is 16.2 Å². The van der Waals surface area contributed by atoms with Crippen molar-refractivity contribution in [1.29, 1.82) is 0 Å². The number of carbonyl (C=O) groups excluding carboxylic acids is 2. The Morgan fingerprint density at radius 1 is 0.800 bits per heavy atom. The van der Waals surface area contributed by atoms with Gasteiger partial charge in [0.2, 0.25) is 5.91 Å². The van der Waals surface area contributed by atoms with Crippen LogP contribution >= 0.6 is 11.3 Å². The Morgan fingerprint density at radius 2 is 1.49 bits per heavy atom.